The summed E-state index contributed by atoms with van der Waals surface area (Å²) in [4.78, 5) is 0. The van der Waals surface area contributed by atoms with E-state index in [1.807, 2.05) is 3.62 Å². The average Bonchev–Trinajstić information content (AvgIpc) is 2.14. The molecule has 0 radical (unpaired) electrons. The van der Waals surface area contributed by atoms with Gasteiger partial charge in [0.1, 0.15) is 0 Å². The molecule has 78 valence electrons. The SMILES string of the molecule is CC/C=C(\CCCC)[Te]CCCC. The molecule has 1 heteroatoms. The molecule has 0 fully saturated rings. The van der Waals surface area contributed by atoms with Crippen LogP contribution in [0.2, 0.25) is 4.47 Å². The van der Waals surface area contributed by atoms with Crippen LogP contribution >= 0.6 is 0 Å². The van der Waals surface area contributed by atoms with Crippen LogP contribution in [0.15, 0.2) is 9.70 Å². The summed E-state index contributed by atoms with van der Waals surface area (Å²) in [5.41, 5.74) is 0. The number of rotatable bonds is 8. The van der Waals surface area contributed by atoms with Gasteiger partial charge in [-0.15, -0.1) is 0 Å². The fourth-order valence-electron chi connectivity index (χ4n) is 1.16. The van der Waals surface area contributed by atoms with Crippen molar-refractivity contribution < 1.29 is 0 Å². The van der Waals surface area contributed by atoms with Gasteiger partial charge >= 0.3 is 94.4 Å². The first-order valence-electron chi connectivity index (χ1n) is 5.66. The summed E-state index contributed by atoms with van der Waals surface area (Å²) in [5.74, 6) is 0. The summed E-state index contributed by atoms with van der Waals surface area (Å²) in [6.45, 7) is 6.84. The van der Waals surface area contributed by atoms with E-state index in [9.17, 15) is 0 Å². The Kier molecular flexibility index (Phi) is 11.0. The molecule has 0 saturated carbocycles. The predicted molar refractivity (Wildman–Crippen MR) is 63.4 cm³/mol. The van der Waals surface area contributed by atoms with E-state index < -0.39 is 0 Å². The molecule has 0 rings (SSSR count). The molecule has 0 saturated heterocycles. The van der Waals surface area contributed by atoms with E-state index in [-0.39, 0.29) is 20.9 Å². The quantitative estimate of drug-likeness (QED) is 0.460. The van der Waals surface area contributed by atoms with Crippen molar-refractivity contribution in [2.45, 2.75) is 63.8 Å². The third-order valence-electron chi connectivity index (χ3n) is 1.99. The van der Waals surface area contributed by atoms with Crippen molar-refractivity contribution in [3.63, 3.8) is 0 Å². The van der Waals surface area contributed by atoms with Crippen LogP contribution in [0.5, 0.6) is 0 Å². The average molecular weight is 296 g/mol. The van der Waals surface area contributed by atoms with Crippen LogP contribution in [-0.2, 0) is 0 Å². The van der Waals surface area contributed by atoms with Crippen molar-refractivity contribution in [3.05, 3.63) is 9.70 Å². The Hall–Kier alpha value is 0.530. The van der Waals surface area contributed by atoms with Crippen LogP contribution in [0.1, 0.15) is 59.3 Å². The van der Waals surface area contributed by atoms with Gasteiger partial charge in [0.2, 0.25) is 0 Å². The van der Waals surface area contributed by atoms with E-state index >= 15 is 0 Å². The molecule has 0 aliphatic heterocycles. The standard InChI is InChI=1S/C12H24Te/c1-4-7-10-12(9-6-3)13-11-8-5-2/h9H,4-8,10-11H2,1-3H3/b12-9+. The fraction of sp³-hybridized carbons (Fsp3) is 0.833. The van der Waals surface area contributed by atoms with Gasteiger partial charge < -0.3 is 0 Å². The molecular formula is C12H24Te. The van der Waals surface area contributed by atoms with Crippen LogP contribution in [0.4, 0.5) is 0 Å². The fourth-order valence-corrected chi connectivity index (χ4v) is 4.78. The Morgan fingerprint density at radius 3 is 2.31 bits per heavy atom. The maximum atomic E-state index is 2.49. The van der Waals surface area contributed by atoms with Crippen LogP contribution in [0.25, 0.3) is 0 Å². The summed E-state index contributed by atoms with van der Waals surface area (Å²) in [7, 11) is 0. The van der Waals surface area contributed by atoms with E-state index in [4.69, 9.17) is 0 Å². The van der Waals surface area contributed by atoms with Gasteiger partial charge in [-0.25, -0.2) is 0 Å². The molecule has 13 heavy (non-hydrogen) atoms. The summed E-state index contributed by atoms with van der Waals surface area (Å²) < 4.78 is 3.36. The molecule has 0 N–H and O–H groups in total. The first-order valence-corrected chi connectivity index (χ1v) is 8.48. The van der Waals surface area contributed by atoms with Crippen molar-refractivity contribution in [2.75, 3.05) is 0 Å². The molecule has 0 spiro atoms. The Balaban J connectivity index is 3.61. The van der Waals surface area contributed by atoms with Gasteiger partial charge in [0.15, 0.2) is 0 Å². The number of hydrogen-bond acceptors (Lipinski definition) is 0. The van der Waals surface area contributed by atoms with Crippen molar-refractivity contribution in [1.82, 2.24) is 0 Å². The molecule has 0 unspecified atom stereocenters. The van der Waals surface area contributed by atoms with Crippen LogP contribution in [0.3, 0.4) is 0 Å². The normalized spacial score (nSPS) is 12.1. The summed E-state index contributed by atoms with van der Waals surface area (Å²) in [6, 6.07) is 0. The van der Waals surface area contributed by atoms with Gasteiger partial charge in [0.05, 0.1) is 0 Å². The number of unbranched alkanes of at least 4 members (excludes halogenated alkanes) is 2. The van der Waals surface area contributed by atoms with E-state index in [1.54, 1.807) is 0 Å². The molecule has 0 aromatic rings. The van der Waals surface area contributed by atoms with Crippen LogP contribution in [-0.4, -0.2) is 20.9 Å². The molecule has 0 aromatic carbocycles. The van der Waals surface area contributed by atoms with Gasteiger partial charge in [-0.1, -0.05) is 0 Å². The monoisotopic (exact) mass is 298 g/mol. The Morgan fingerprint density at radius 2 is 1.77 bits per heavy atom. The van der Waals surface area contributed by atoms with Gasteiger partial charge in [0.25, 0.3) is 0 Å². The molecule has 0 aromatic heterocycles. The zero-order valence-electron chi connectivity index (χ0n) is 9.44. The third-order valence-corrected chi connectivity index (χ3v) is 5.52. The number of allylic oxidation sites excluding steroid dienone is 2. The van der Waals surface area contributed by atoms with E-state index in [1.165, 1.54) is 43.0 Å². The molecule has 0 heterocycles. The Morgan fingerprint density at radius 1 is 1.08 bits per heavy atom. The molecule has 0 bridgehead atoms. The minimum absolute atomic E-state index is 0.221. The topological polar surface area (TPSA) is 0 Å². The van der Waals surface area contributed by atoms with Gasteiger partial charge in [-0.05, 0) is 0 Å². The molecule has 0 nitrogen and oxygen atoms in total. The summed E-state index contributed by atoms with van der Waals surface area (Å²) in [5, 5.41) is 0. The molecule has 0 aliphatic rings. The molecule has 0 aliphatic carbocycles. The molecular weight excluding hydrogens is 272 g/mol. The van der Waals surface area contributed by atoms with E-state index in [0.717, 1.165) is 0 Å². The van der Waals surface area contributed by atoms with Crippen LogP contribution < -0.4 is 0 Å². The van der Waals surface area contributed by atoms with Gasteiger partial charge in [0, 0.05) is 0 Å². The van der Waals surface area contributed by atoms with E-state index in [0.29, 0.717) is 0 Å². The number of hydrogen-bond donors (Lipinski definition) is 0. The second kappa shape index (κ2) is 10.6. The van der Waals surface area contributed by atoms with Gasteiger partial charge in [-0.2, -0.15) is 0 Å². The summed E-state index contributed by atoms with van der Waals surface area (Å²) in [6.07, 6.45) is 10.7. The van der Waals surface area contributed by atoms with E-state index in [2.05, 4.69) is 26.8 Å². The van der Waals surface area contributed by atoms with Crippen LogP contribution in [0, 0.1) is 0 Å². The van der Waals surface area contributed by atoms with Crippen molar-refractivity contribution >= 4 is 20.9 Å². The maximum absolute atomic E-state index is 2.49. The minimum atomic E-state index is 0.221. The zero-order chi connectivity index (χ0) is 9.94. The van der Waals surface area contributed by atoms with Crippen molar-refractivity contribution in [2.24, 2.45) is 0 Å². The third kappa shape index (κ3) is 8.85. The molecule has 0 amide bonds. The van der Waals surface area contributed by atoms with Crippen molar-refractivity contribution in [3.8, 4) is 0 Å². The Bertz CT molecular complexity index is 127. The van der Waals surface area contributed by atoms with Crippen molar-refractivity contribution in [1.29, 1.82) is 0 Å². The van der Waals surface area contributed by atoms with Gasteiger partial charge in [-0.3, -0.25) is 0 Å². The second-order valence-corrected chi connectivity index (χ2v) is 6.87. The predicted octanol–water partition coefficient (Wildman–Crippen LogP) is 4.39. The zero-order valence-corrected chi connectivity index (χ0v) is 11.8. The molecule has 0 atom stereocenters. The first-order chi connectivity index (χ1) is 6.35. The first kappa shape index (κ1) is 13.5. The Labute approximate surface area is 94.3 Å². The summed E-state index contributed by atoms with van der Waals surface area (Å²) >= 11 is 0.221. The second-order valence-electron chi connectivity index (χ2n) is 3.38.